The van der Waals surface area contributed by atoms with Gasteiger partial charge in [0.1, 0.15) is 6.04 Å². The lowest BCUT2D eigenvalue weighted by atomic mass is 9.98. The average Bonchev–Trinajstić information content (AvgIpc) is 2.47. The fraction of sp³-hybridized carbons (Fsp3) is 0.467. The molecule has 106 valence electrons. The van der Waals surface area contributed by atoms with E-state index in [1.807, 2.05) is 11.8 Å². The maximum atomic E-state index is 12.0. The van der Waals surface area contributed by atoms with E-state index in [1.54, 1.807) is 24.3 Å². The summed E-state index contributed by atoms with van der Waals surface area (Å²) in [5, 5.41) is 12.6. The molecule has 1 aromatic carbocycles. The highest BCUT2D eigenvalue weighted by Gasteiger charge is 2.20. The Labute approximate surface area is 128 Å². The third kappa shape index (κ3) is 4.43. The van der Waals surface area contributed by atoms with Crippen LogP contribution in [0.5, 0.6) is 0 Å². The minimum atomic E-state index is -0.599. The number of rotatable bonds is 4. The number of thioether (sulfide) groups is 1. The molecule has 1 aliphatic heterocycles. The van der Waals surface area contributed by atoms with E-state index in [4.69, 9.17) is 11.6 Å². The minimum Gasteiger partial charge on any atom is -0.337 e. The van der Waals surface area contributed by atoms with Crippen LogP contribution in [0.2, 0.25) is 5.02 Å². The molecule has 1 amide bonds. The van der Waals surface area contributed by atoms with Gasteiger partial charge < -0.3 is 5.32 Å². The first-order valence-corrected chi connectivity index (χ1v) is 8.24. The van der Waals surface area contributed by atoms with Gasteiger partial charge >= 0.3 is 0 Å². The molecule has 0 radical (unpaired) electrons. The molecule has 0 aliphatic carbocycles. The van der Waals surface area contributed by atoms with Crippen LogP contribution in [-0.2, 0) is 4.79 Å². The molecule has 1 atom stereocenters. The number of carbonyl (C=O) groups is 1. The lowest BCUT2D eigenvalue weighted by Gasteiger charge is -2.21. The molecule has 5 heteroatoms. The summed E-state index contributed by atoms with van der Waals surface area (Å²) in [7, 11) is 0. The number of amides is 1. The maximum Gasteiger partial charge on any atom is 0.221 e. The molecule has 0 aromatic heterocycles. The molecule has 2 rings (SSSR count). The van der Waals surface area contributed by atoms with Gasteiger partial charge in [0, 0.05) is 11.4 Å². The van der Waals surface area contributed by atoms with Crippen LogP contribution in [0.3, 0.4) is 0 Å². The van der Waals surface area contributed by atoms with Crippen molar-refractivity contribution >= 4 is 29.3 Å². The summed E-state index contributed by atoms with van der Waals surface area (Å²) < 4.78 is 0. The van der Waals surface area contributed by atoms with E-state index in [-0.39, 0.29) is 5.91 Å². The molecule has 1 aromatic rings. The first-order valence-electron chi connectivity index (χ1n) is 6.71. The fourth-order valence-corrected chi connectivity index (χ4v) is 3.61. The van der Waals surface area contributed by atoms with Gasteiger partial charge in [0.15, 0.2) is 0 Å². The van der Waals surface area contributed by atoms with Crippen molar-refractivity contribution in [1.82, 2.24) is 5.32 Å². The van der Waals surface area contributed by atoms with Gasteiger partial charge in [-0.3, -0.25) is 4.79 Å². The number of nitriles is 1. The monoisotopic (exact) mass is 308 g/mol. The normalized spacial score (nSPS) is 17.2. The Balaban J connectivity index is 1.90. The standard InChI is InChI=1S/C15H17ClN2OS/c16-13-3-1-12(2-4-13)14(10-17)18-15(19)9-11-5-7-20-8-6-11/h1-4,11,14H,5-9H2,(H,18,19). The number of benzene rings is 1. The molecule has 0 saturated carbocycles. The van der Waals surface area contributed by atoms with E-state index in [0.717, 1.165) is 29.9 Å². The van der Waals surface area contributed by atoms with Gasteiger partial charge in [-0.05, 0) is 48.0 Å². The number of hydrogen-bond donors (Lipinski definition) is 1. The van der Waals surface area contributed by atoms with Crippen molar-refractivity contribution in [2.24, 2.45) is 5.92 Å². The lowest BCUT2D eigenvalue weighted by molar-refractivity contribution is -0.122. The van der Waals surface area contributed by atoms with Crippen molar-refractivity contribution in [1.29, 1.82) is 5.26 Å². The van der Waals surface area contributed by atoms with Crippen LogP contribution in [0.4, 0.5) is 0 Å². The maximum absolute atomic E-state index is 12.0. The van der Waals surface area contributed by atoms with Crippen LogP contribution in [0, 0.1) is 17.2 Å². The molecule has 1 unspecified atom stereocenters. The summed E-state index contributed by atoms with van der Waals surface area (Å²) in [4.78, 5) is 12.0. The van der Waals surface area contributed by atoms with E-state index in [1.165, 1.54) is 0 Å². The molecule has 1 N–H and O–H groups in total. The van der Waals surface area contributed by atoms with Crippen molar-refractivity contribution in [3.63, 3.8) is 0 Å². The molecule has 1 aliphatic rings. The molecule has 3 nitrogen and oxygen atoms in total. The lowest BCUT2D eigenvalue weighted by Crippen LogP contribution is -2.30. The molecule has 1 heterocycles. The van der Waals surface area contributed by atoms with Crippen molar-refractivity contribution < 1.29 is 4.79 Å². The van der Waals surface area contributed by atoms with E-state index < -0.39 is 6.04 Å². The predicted molar refractivity (Wildman–Crippen MR) is 82.6 cm³/mol. The fourth-order valence-electron chi connectivity index (χ4n) is 2.28. The third-order valence-electron chi connectivity index (χ3n) is 3.45. The highest BCUT2D eigenvalue weighted by molar-refractivity contribution is 7.99. The first-order chi connectivity index (χ1) is 9.69. The Morgan fingerprint density at radius 3 is 2.65 bits per heavy atom. The molecule has 0 bridgehead atoms. The number of halogens is 1. The van der Waals surface area contributed by atoms with Crippen molar-refractivity contribution in [2.45, 2.75) is 25.3 Å². The summed E-state index contributed by atoms with van der Waals surface area (Å²) in [6, 6.07) is 8.53. The van der Waals surface area contributed by atoms with Crippen LogP contribution in [0.15, 0.2) is 24.3 Å². The second-order valence-electron chi connectivity index (χ2n) is 4.94. The summed E-state index contributed by atoms with van der Waals surface area (Å²) >= 11 is 7.77. The second-order valence-corrected chi connectivity index (χ2v) is 6.60. The van der Waals surface area contributed by atoms with Gasteiger partial charge in [-0.25, -0.2) is 0 Å². The highest BCUT2D eigenvalue weighted by atomic mass is 35.5. The smallest absolute Gasteiger partial charge is 0.221 e. The van der Waals surface area contributed by atoms with E-state index in [2.05, 4.69) is 11.4 Å². The van der Waals surface area contributed by atoms with Crippen molar-refractivity contribution in [3.8, 4) is 6.07 Å². The Morgan fingerprint density at radius 2 is 2.05 bits per heavy atom. The zero-order valence-electron chi connectivity index (χ0n) is 11.1. The zero-order chi connectivity index (χ0) is 14.4. The summed E-state index contributed by atoms with van der Waals surface area (Å²) in [6.07, 6.45) is 2.71. The molecular weight excluding hydrogens is 292 g/mol. The largest absolute Gasteiger partial charge is 0.337 e. The van der Waals surface area contributed by atoms with Gasteiger partial charge in [-0.15, -0.1) is 0 Å². The Morgan fingerprint density at radius 1 is 1.40 bits per heavy atom. The third-order valence-corrected chi connectivity index (χ3v) is 4.75. The molecule has 0 spiro atoms. The van der Waals surface area contributed by atoms with Gasteiger partial charge in [-0.2, -0.15) is 17.0 Å². The number of nitrogens with one attached hydrogen (secondary N) is 1. The zero-order valence-corrected chi connectivity index (χ0v) is 12.7. The van der Waals surface area contributed by atoms with Crippen LogP contribution >= 0.6 is 23.4 Å². The van der Waals surface area contributed by atoms with Crippen LogP contribution < -0.4 is 5.32 Å². The number of hydrogen-bond acceptors (Lipinski definition) is 3. The van der Waals surface area contributed by atoms with Crippen LogP contribution in [0.1, 0.15) is 30.9 Å². The van der Waals surface area contributed by atoms with Crippen molar-refractivity contribution in [3.05, 3.63) is 34.9 Å². The van der Waals surface area contributed by atoms with E-state index in [0.29, 0.717) is 17.4 Å². The Hall–Kier alpha value is -1.18. The molecule has 1 saturated heterocycles. The minimum absolute atomic E-state index is 0.0385. The second kappa shape index (κ2) is 7.56. The summed E-state index contributed by atoms with van der Waals surface area (Å²) in [6.45, 7) is 0. The van der Waals surface area contributed by atoms with Gasteiger partial charge in [0.25, 0.3) is 0 Å². The Bertz CT molecular complexity index is 492. The molecule has 20 heavy (non-hydrogen) atoms. The number of nitrogens with zero attached hydrogens (tertiary/aromatic N) is 1. The quantitative estimate of drug-likeness (QED) is 0.925. The predicted octanol–water partition coefficient (Wildman–Crippen LogP) is 3.55. The van der Waals surface area contributed by atoms with E-state index in [9.17, 15) is 10.1 Å². The molecular formula is C15H17ClN2OS. The summed E-state index contributed by atoms with van der Waals surface area (Å²) in [5.41, 5.74) is 0.768. The summed E-state index contributed by atoms with van der Waals surface area (Å²) in [5.74, 6) is 2.69. The van der Waals surface area contributed by atoms with Crippen molar-refractivity contribution in [2.75, 3.05) is 11.5 Å². The van der Waals surface area contributed by atoms with Gasteiger partial charge in [-0.1, -0.05) is 23.7 Å². The van der Waals surface area contributed by atoms with Crippen LogP contribution in [0.25, 0.3) is 0 Å². The number of carbonyl (C=O) groups excluding carboxylic acids is 1. The van der Waals surface area contributed by atoms with Gasteiger partial charge in [0.05, 0.1) is 6.07 Å². The van der Waals surface area contributed by atoms with E-state index >= 15 is 0 Å². The SMILES string of the molecule is N#CC(NC(=O)CC1CCSCC1)c1ccc(Cl)cc1. The first kappa shape index (κ1) is 15.2. The highest BCUT2D eigenvalue weighted by Crippen LogP contribution is 2.25. The van der Waals surface area contributed by atoms with Crippen LogP contribution in [-0.4, -0.2) is 17.4 Å². The Kier molecular flexibility index (Phi) is 5.75. The molecule has 1 fully saturated rings. The topological polar surface area (TPSA) is 52.9 Å². The average molecular weight is 309 g/mol. The van der Waals surface area contributed by atoms with Gasteiger partial charge in [0.2, 0.25) is 5.91 Å².